The normalized spacial score (nSPS) is 11.7. The maximum Gasteiger partial charge on any atom is 0.242 e. The Morgan fingerprint density at radius 3 is 2.41 bits per heavy atom. The van der Waals surface area contributed by atoms with Crippen LogP contribution in [0.1, 0.15) is 22.2 Å². The fourth-order valence-electron chi connectivity index (χ4n) is 3.37. The number of anilines is 1. The standard InChI is InChI=1S/C25H24N4O2S/c1-17-8-7-11-21(16-17)29-18(2)27-28-25(29)32-23(19-9-5-4-6-10-19)24(30)26-20-12-14-22(31-3)15-13-20/h4-16,23H,1-3H3,(H,26,30)/t23-/m0/s1. The number of amides is 1. The molecule has 1 N–H and O–H groups in total. The molecule has 162 valence electrons. The number of methoxy groups -OCH3 is 1. The molecule has 7 heteroatoms. The van der Waals surface area contributed by atoms with Crippen LogP contribution in [-0.2, 0) is 4.79 Å². The summed E-state index contributed by atoms with van der Waals surface area (Å²) in [5.74, 6) is 1.36. The molecule has 0 radical (unpaired) electrons. The minimum atomic E-state index is -0.509. The molecule has 0 aliphatic carbocycles. The Balaban J connectivity index is 1.66. The molecule has 4 rings (SSSR count). The minimum Gasteiger partial charge on any atom is -0.497 e. The number of hydrogen-bond acceptors (Lipinski definition) is 5. The highest BCUT2D eigenvalue weighted by atomic mass is 32.2. The van der Waals surface area contributed by atoms with E-state index in [-0.39, 0.29) is 5.91 Å². The summed E-state index contributed by atoms with van der Waals surface area (Å²) < 4.78 is 7.18. The summed E-state index contributed by atoms with van der Waals surface area (Å²) in [5, 5.41) is 11.8. The third-order valence-corrected chi connectivity index (χ3v) is 6.17. The second-order valence-electron chi connectivity index (χ2n) is 7.33. The van der Waals surface area contributed by atoms with Gasteiger partial charge in [0.1, 0.15) is 16.8 Å². The molecule has 32 heavy (non-hydrogen) atoms. The lowest BCUT2D eigenvalue weighted by molar-refractivity contribution is -0.115. The number of carbonyl (C=O) groups excluding carboxylic acids is 1. The van der Waals surface area contributed by atoms with Gasteiger partial charge in [-0.15, -0.1) is 10.2 Å². The molecule has 1 amide bonds. The molecule has 0 unspecified atom stereocenters. The zero-order valence-corrected chi connectivity index (χ0v) is 19.0. The number of carbonyl (C=O) groups is 1. The highest BCUT2D eigenvalue weighted by Gasteiger charge is 2.26. The largest absolute Gasteiger partial charge is 0.497 e. The lowest BCUT2D eigenvalue weighted by atomic mass is 10.1. The van der Waals surface area contributed by atoms with Crippen molar-refractivity contribution in [1.29, 1.82) is 0 Å². The fraction of sp³-hybridized carbons (Fsp3) is 0.160. The molecule has 0 spiro atoms. The van der Waals surface area contributed by atoms with Gasteiger partial charge >= 0.3 is 0 Å². The Morgan fingerprint density at radius 1 is 0.969 bits per heavy atom. The van der Waals surface area contributed by atoms with E-state index in [9.17, 15) is 4.79 Å². The number of nitrogens with one attached hydrogen (secondary N) is 1. The van der Waals surface area contributed by atoms with Crippen LogP contribution >= 0.6 is 11.8 Å². The monoisotopic (exact) mass is 444 g/mol. The number of rotatable bonds is 7. The number of thioether (sulfide) groups is 1. The Bertz CT molecular complexity index is 1210. The van der Waals surface area contributed by atoms with Crippen LogP contribution in [0.25, 0.3) is 5.69 Å². The first-order valence-electron chi connectivity index (χ1n) is 10.2. The molecular formula is C25H24N4O2S. The molecule has 0 aliphatic heterocycles. The Hall–Kier alpha value is -3.58. The summed E-state index contributed by atoms with van der Waals surface area (Å²) in [4.78, 5) is 13.4. The first-order valence-corrected chi connectivity index (χ1v) is 11.1. The molecule has 0 fully saturated rings. The van der Waals surface area contributed by atoms with Crippen LogP contribution in [-0.4, -0.2) is 27.8 Å². The van der Waals surface area contributed by atoms with Gasteiger partial charge in [-0.2, -0.15) is 0 Å². The van der Waals surface area contributed by atoms with E-state index in [4.69, 9.17) is 4.74 Å². The van der Waals surface area contributed by atoms with Crippen LogP contribution in [0.5, 0.6) is 5.75 Å². The quantitative estimate of drug-likeness (QED) is 0.388. The summed E-state index contributed by atoms with van der Waals surface area (Å²) in [6.07, 6.45) is 0. The van der Waals surface area contributed by atoms with Crippen LogP contribution in [0.15, 0.2) is 84.0 Å². The summed E-state index contributed by atoms with van der Waals surface area (Å²) in [6.45, 7) is 3.96. The Morgan fingerprint density at radius 2 is 1.72 bits per heavy atom. The zero-order valence-electron chi connectivity index (χ0n) is 18.1. The summed E-state index contributed by atoms with van der Waals surface area (Å²) >= 11 is 1.38. The van der Waals surface area contributed by atoms with Crippen LogP contribution in [0.3, 0.4) is 0 Å². The lowest BCUT2D eigenvalue weighted by Crippen LogP contribution is -2.19. The smallest absolute Gasteiger partial charge is 0.242 e. The summed E-state index contributed by atoms with van der Waals surface area (Å²) in [6, 6.07) is 25.1. The van der Waals surface area contributed by atoms with Gasteiger partial charge in [0.05, 0.1) is 7.11 Å². The molecule has 0 bridgehead atoms. The van der Waals surface area contributed by atoms with E-state index in [0.717, 1.165) is 28.4 Å². The molecule has 6 nitrogen and oxygen atoms in total. The maximum atomic E-state index is 13.4. The van der Waals surface area contributed by atoms with Crippen LogP contribution in [0.2, 0.25) is 0 Å². The predicted molar refractivity (Wildman–Crippen MR) is 127 cm³/mol. The van der Waals surface area contributed by atoms with Crippen molar-refractivity contribution in [1.82, 2.24) is 14.8 Å². The van der Waals surface area contributed by atoms with Gasteiger partial charge in [-0.3, -0.25) is 9.36 Å². The zero-order chi connectivity index (χ0) is 22.5. The number of ether oxygens (including phenoxy) is 1. The molecule has 3 aromatic carbocycles. The molecular weight excluding hydrogens is 420 g/mol. The topological polar surface area (TPSA) is 69.0 Å². The van der Waals surface area contributed by atoms with Gasteiger partial charge in [0.2, 0.25) is 5.91 Å². The van der Waals surface area contributed by atoms with Crippen LogP contribution in [0, 0.1) is 13.8 Å². The molecule has 1 heterocycles. The second-order valence-corrected chi connectivity index (χ2v) is 8.40. The molecule has 0 saturated heterocycles. The van der Waals surface area contributed by atoms with Crippen molar-refractivity contribution in [3.8, 4) is 11.4 Å². The van der Waals surface area contributed by atoms with Crippen LogP contribution in [0.4, 0.5) is 5.69 Å². The van der Waals surface area contributed by atoms with E-state index in [2.05, 4.69) is 21.6 Å². The van der Waals surface area contributed by atoms with E-state index in [1.54, 1.807) is 7.11 Å². The predicted octanol–water partition coefficient (Wildman–Crippen LogP) is 5.36. The number of nitrogens with zero attached hydrogens (tertiary/aromatic N) is 3. The Labute approximate surface area is 191 Å². The van der Waals surface area contributed by atoms with Gasteiger partial charge in [-0.05, 0) is 61.4 Å². The van der Waals surface area contributed by atoms with E-state index >= 15 is 0 Å². The lowest BCUT2D eigenvalue weighted by Gasteiger charge is -2.18. The number of benzene rings is 3. The van der Waals surface area contributed by atoms with Crippen molar-refractivity contribution in [2.75, 3.05) is 12.4 Å². The number of aromatic nitrogens is 3. The van der Waals surface area contributed by atoms with E-state index < -0.39 is 5.25 Å². The third kappa shape index (κ3) is 4.84. The average Bonchev–Trinajstić information content (AvgIpc) is 3.18. The maximum absolute atomic E-state index is 13.4. The Kier molecular flexibility index (Phi) is 6.56. The number of aryl methyl sites for hydroxylation is 2. The van der Waals surface area contributed by atoms with Crippen molar-refractivity contribution >= 4 is 23.4 Å². The molecule has 1 aromatic heterocycles. The van der Waals surface area contributed by atoms with E-state index in [1.807, 2.05) is 91.2 Å². The molecule has 0 saturated carbocycles. The first kappa shape index (κ1) is 21.6. The molecule has 0 aliphatic rings. The highest BCUT2D eigenvalue weighted by Crippen LogP contribution is 2.37. The first-order chi connectivity index (χ1) is 15.5. The van der Waals surface area contributed by atoms with Crippen molar-refractivity contribution < 1.29 is 9.53 Å². The summed E-state index contributed by atoms with van der Waals surface area (Å²) in [5.41, 5.74) is 3.70. The second kappa shape index (κ2) is 9.70. The SMILES string of the molecule is COc1ccc(NC(=O)[C@@H](Sc2nnc(C)n2-c2cccc(C)c2)c2ccccc2)cc1. The minimum absolute atomic E-state index is 0.136. The van der Waals surface area contributed by atoms with Gasteiger partial charge in [0, 0.05) is 11.4 Å². The van der Waals surface area contributed by atoms with Gasteiger partial charge in [-0.1, -0.05) is 54.2 Å². The van der Waals surface area contributed by atoms with Crippen LogP contribution < -0.4 is 10.1 Å². The van der Waals surface area contributed by atoms with E-state index in [1.165, 1.54) is 11.8 Å². The van der Waals surface area contributed by atoms with Gasteiger partial charge in [-0.25, -0.2) is 0 Å². The van der Waals surface area contributed by atoms with Gasteiger partial charge < -0.3 is 10.1 Å². The van der Waals surface area contributed by atoms with Gasteiger partial charge in [0.25, 0.3) is 0 Å². The average molecular weight is 445 g/mol. The van der Waals surface area contributed by atoms with Crippen molar-refractivity contribution in [2.45, 2.75) is 24.3 Å². The van der Waals surface area contributed by atoms with E-state index in [0.29, 0.717) is 10.8 Å². The molecule has 4 aromatic rings. The van der Waals surface area contributed by atoms with Crippen molar-refractivity contribution in [3.05, 3.63) is 95.8 Å². The van der Waals surface area contributed by atoms with Crippen molar-refractivity contribution in [2.24, 2.45) is 0 Å². The number of hydrogen-bond donors (Lipinski definition) is 1. The molecule has 1 atom stereocenters. The summed E-state index contributed by atoms with van der Waals surface area (Å²) in [7, 11) is 1.61. The van der Waals surface area contributed by atoms with Crippen molar-refractivity contribution in [3.63, 3.8) is 0 Å². The third-order valence-electron chi connectivity index (χ3n) is 4.98. The van der Waals surface area contributed by atoms with Gasteiger partial charge in [0.15, 0.2) is 5.16 Å². The highest BCUT2D eigenvalue weighted by molar-refractivity contribution is 8.00. The fourth-order valence-corrected chi connectivity index (χ4v) is 4.47.